The van der Waals surface area contributed by atoms with E-state index in [4.69, 9.17) is 20.8 Å². The van der Waals surface area contributed by atoms with Gasteiger partial charge in [0.15, 0.2) is 0 Å². The third-order valence-corrected chi connectivity index (χ3v) is 0.377. The van der Waals surface area contributed by atoms with Crippen LogP contribution in [0.1, 0.15) is 0 Å². The van der Waals surface area contributed by atoms with Gasteiger partial charge in [-0.3, -0.25) is 0 Å². The molecule has 13 heavy (non-hydrogen) atoms. The zero-order chi connectivity index (χ0) is 9.66. The van der Waals surface area contributed by atoms with Crippen LogP contribution in [0.25, 0.3) is 0 Å². The average molecular weight is 279 g/mol. The molecule has 0 radical (unpaired) electrons. The van der Waals surface area contributed by atoms with Crippen molar-refractivity contribution in [3.63, 3.8) is 0 Å². The smallest absolute Gasteiger partial charge is 0.0332 e. The number of hydrogen-bond donors (Lipinski definition) is 0. The quantitative estimate of drug-likeness (QED) is 0.405. The molecule has 8 nitrogen and oxygen atoms in total. The molecule has 0 aromatic carbocycles. The molecule has 0 heterocycles. The summed E-state index contributed by atoms with van der Waals surface area (Å²) >= 11 is 0. The van der Waals surface area contributed by atoms with E-state index in [1.54, 1.807) is 0 Å². The third kappa shape index (κ3) is 37.3. The van der Waals surface area contributed by atoms with Crippen LogP contribution in [0.3, 0.4) is 0 Å². The molecule has 9 heteroatoms. The Morgan fingerprint density at radius 3 is 0.769 bits per heavy atom. The summed E-state index contributed by atoms with van der Waals surface area (Å²) in [6.07, 6.45) is 3.08. The number of rotatable bonds is 2. The topological polar surface area (TPSA) is 142 Å². The van der Waals surface area contributed by atoms with Gasteiger partial charge in [0.05, 0.1) is 0 Å². The van der Waals surface area contributed by atoms with Gasteiger partial charge in [-0.25, -0.2) is 0 Å². The van der Waals surface area contributed by atoms with Crippen molar-refractivity contribution in [1.82, 2.24) is 0 Å². The van der Waals surface area contributed by atoms with Gasteiger partial charge in [-0.1, -0.05) is 0 Å². The van der Waals surface area contributed by atoms with Crippen molar-refractivity contribution >= 4 is 24.9 Å². The molecule has 0 spiro atoms. The maximum atomic E-state index is 9.03. The van der Waals surface area contributed by atoms with Gasteiger partial charge in [-0.15, -0.1) is 0 Å². The first-order valence-corrected chi connectivity index (χ1v) is 2.43. The summed E-state index contributed by atoms with van der Waals surface area (Å²) in [6, 6.07) is 0. The van der Waals surface area contributed by atoms with Crippen LogP contribution in [0.15, 0.2) is 20.6 Å². The van der Waals surface area contributed by atoms with Crippen LogP contribution in [0, 0.1) is 20.8 Å². The van der Waals surface area contributed by atoms with E-state index >= 15 is 0 Å². The molecular formula is C4H4N4O4Pd-4. The van der Waals surface area contributed by atoms with Crippen LogP contribution in [0.4, 0.5) is 0 Å². The monoisotopic (exact) mass is 278 g/mol. The van der Waals surface area contributed by atoms with E-state index in [2.05, 4.69) is 20.6 Å². The minimum Gasteiger partial charge on any atom is -0.792 e. The van der Waals surface area contributed by atoms with Gasteiger partial charge in [-0.2, -0.15) is 0 Å². The maximum absolute atomic E-state index is 9.03. The second kappa shape index (κ2) is 22.4. The van der Waals surface area contributed by atoms with Gasteiger partial charge in [0.1, 0.15) is 0 Å². The van der Waals surface area contributed by atoms with Gasteiger partial charge >= 0.3 is 0 Å². The normalized spacial score (nSPS) is 10.5. The summed E-state index contributed by atoms with van der Waals surface area (Å²) in [7, 11) is 0. The van der Waals surface area contributed by atoms with Crippen molar-refractivity contribution in [3.05, 3.63) is 20.8 Å². The molecule has 0 unspecified atom stereocenters. The Bertz CT molecular complexity index is 141. The molecule has 0 atom stereocenters. The summed E-state index contributed by atoms with van der Waals surface area (Å²) in [5.41, 5.74) is 0. The van der Waals surface area contributed by atoms with Crippen molar-refractivity contribution in [2.24, 2.45) is 20.6 Å². The SMILES string of the molecule is [O-]N=CC=N[O-].[O-]N=CC=N[O-].[Pd]. The van der Waals surface area contributed by atoms with Crippen LogP contribution in [-0.2, 0) is 20.4 Å². The largest absolute Gasteiger partial charge is 0.792 e. The van der Waals surface area contributed by atoms with Gasteiger partial charge in [0.2, 0.25) is 0 Å². The van der Waals surface area contributed by atoms with E-state index in [9.17, 15) is 0 Å². The van der Waals surface area contributed by atoms with E-state index in [1.807, 2.05) is 0 Å². The van der Waals surface area contributed by atoms with E-state index in [1.165, 1.54) is 0 Å². The minimum absolute atomic E-state index is 0. The van der Waals surface area contributed by atoms with E-state index in [-0.39, 0.29) is 20.4 Å². The minimum atomic E-state index is 0. The fraction of sp³-hybridized carbons (Fsp3) is 0. The second-order valence-electron chi connectivity index (χ2n) is 1.02. The van der Waals surface area contributed by atoms with Gasteiger partial charge in [0.25, 0.3) is 0 Å². The predicted molar refractivity (Wildman–Crippen MR) is 47.4 cm³/mol. The van der Waals surface area contributed by atoms with Crippen LogP contribution in [0.2, 0.25) is 0 Å². The molecule has 0 amide bonds. The van der Waals surface area contributed by atoms with Crippen molar-refractivity contribution in [3.8, 4) is 0 Å². The first-order valence-electron chi connectivity index (χ1n) is 2.43. The van der Waals surface area contributed by atoms with Crippen LogP contribution in [-0.4, -0.2) is 24.9 Å². The first kappa shape index (κ1) is 17.6. The van der Waals surface area contributed by atoms with Gasteiger partial charge < -0.3 is 41.5 Å². The standard InChI is InChI=1S/2C2H4N2O2.Pd/c2*5-3-1-2-4-6;/h2*1-2,5-6H;/p-4. The summed E-state index contributed by atoms with van der Waals surface area (Å²) in [5, 5.41) is 44.9. The summed E-state index contributed by atoms with van der Waals surface area (Å²) in [6.45, 7) is 0. The zero-order valence-corrected chi connectivity index (χ0v) is 7.60. The molecule has 0 aromatic heterocycles. The summed E-state index contributed by atoms with van der Waals surface area (Å²) in [4.78, 5) is 0. The van der Waals surface area contributed by atoms with Crippen LogP contribution >= 0.6 is 0 Å². The molecule has 0 aromatic rings. The van der Waals surface area contributed by atoms with E-state index in [0.717, 1.165) is 24.9 Å². The summed E-state index contributed by atoms with van der Waals surface area (Å²) < 4.78 is 0. The summed E-state index contributed by atoms with van der Waals surface area (Å²) in [5.74, 6) is 0. The van der Waals surface area contributed by atoms with Crippen LogP contribution in [0.5, 0.6) is 0 Å². The molecule has 0 fully saturated rings. The molecule has 0 bridgehead atoms. The molecule has 0 N–H and O–H groups in total. The maximum Gasteiger partial charge on any atom is 0.0332 e. The van der Waals surface area contributed by atoms with E-state index < -0.39 is 0 Å². The molecule has 78 valence electrons. The number of nitrogens with zero attached hydrogens (tertiary/aromatic N) is 4. The Balaban J connectivity index is -0.000000143. The molecule has 0 saturated carbocycles. The molecule has 0 aliphatic carbocycles. The molecule has 0 aliphatic heterocycles. The zero-order valence-electron chi connectivity index (χ0n) is 6.05. The van der Waals surface area contributed by atoms with Crippen molar-refractivity contribution in [2.45, 2.75) is 0 Å². The van der Waals surface area contributed by atoms with Gasteiger partial charge in [0, 0.05) is 45.3 Å². The Kier molecular flexibility index (Phi) is 30.3. The molecular weight excluding hydrogens is 274 g/mol. The third-order valence-electron chi connectivity index (χ3n) is 0.377. The van der Waals surface area contributed by atoms with Crippen molar-refractivity contribution < 1.29 is 20.4 Å². The fourth-order valence-electron chi connectivity index (χ4n) is 0.109. The Labute approximate surface area is 87.2 Å². The average Bonchev–Trinajstić information content (AvgIpc) is 2.12. The number of hydrogen-bond acceptors (Lipinski definition) is 8. The van der Waals surface area contributed by atoms with Crippen molar-refractivity contribution in [2.75, 3.05) is 0 Å². The van der Waals surface area contributed by atoms with Gasteiger partial charge in [-0.05, 0) is 0 Å². The Morgan fingerprint density at radius 2 is 0.692 bits per heavy atom. The van der Waals surface area contributed by atoms with Crippen LogP contribution < -0.4 is 0 Å². The van der Waals surface area contributed by atoms with Crippen molar-refractivity contribution in [1.29, 1.82) is 0 Å². The molecule has 0 saturated heterocycles. The first-order chi connectivity index (χ1) is 5.83. The Morgan fingerprint density at radius 1 is 0.538 bits per heavy atom. The second-order valence-corrected chi connectivity index (χ2v) is 1.02. The van der Waals surface area contributed by atoms with E-state index in [0.29, 0.717) is 0 Å². The Hall–Kier alpha value is -1.46. The predicted octanol–water partition coefficient (Wildman–Crippen LogP) is 0.245. The molecule has 0 aliphatic rings. The molecule has 0 rings (SSSR count). The fourth-order valence-corrected chi connectivity index (χ4v) is 0.109.